The molecule has 0 radical (unpaired) electrons. The van der Waals surface area contributed by atoms with Gasteiger partial charge in [-0.25, -0.2) is 0 Å². The molecular weight excluding hydrogens is 604 g/mol. The maximum Gasteiger partial charge on any atom is 0.229 e. The molecule has 7 aliphatic rings. The smallest absolute Gasteiger partial charge is 0.229 e. The molecule has 0 aromatic carbocycles. The minimum Gasteiger partial charge on any atom is -0.378 e. The molecule has 4 aliphatic carbocycles. The SMILES string of the molecule is C[C@@H]1C[C@H]2[C@@H]3CCC4=CC(=O)C=C[C@]4(C)[C@H]3CC[C@]2(C)[C@H]1C(=O)CN1CCN(c2cc(N3CCOCC3)nc(N3CCOCC3)n2)CC1. The number of anilines is 3. The number of hydrogen-bond donors (Lipinski definition) is 0. The second-order valence-corrected chi connectivity index (χ2v) is 16.2. The van der Waals surface area contributed by atoms with E-state index in [4.69, 9.17) is 19.4 Å². The molecule has 0 bridgehead atoms. The first kappa shape index (κ1) is 32.4. The zero-order valence-electron chi connectivity index (χ0n) is 29.2. The van der Waals surface area contributed by atoms with Crippen molar-refractivity contribution in [2.75, 3.05) is 100 Å². The van der Waals surface area contributed by atoms with Gasteiger partial charge in [0.2, 0.25) is 5.95 Å². The molecule has 7 atom stereocenters. The summed E-state index contributed by atoms with van der Waals surface area (Å²) in [5.74, 6) is 5.67. The zero-order valence-corrected chi connectivity index (χ0v) is 29.2. The molecule has 48 heavy (non-hydrogen) atoms. The van der Waals surface area contributed by atoms with Crippen LogP contribution < -0.4 is 14.7 Å². The van der Waals surface area contributed by atoms with Crippen LogP contribution in [0.15, 0.2) is 29.9 Å². The van der Waals surface area contributed by atoms with Gasteiger partial charge in [0, 0.05) is 69.8 Å². The first-order valence-electron chi connectivity index (χ1n) is 18.7. The van der Waals surface area contributed by atoms with E-state index in [0.717, 1.165) is 115 Å². The number of hydrogen-bond acceptors (Lipinski definition) is 10. The number of fused-ring (bicyclic) bond motifs is 5. The van der Waals surface area contributed by atoms with E-state index in [-0.39, 0.29) is 22.5 Å². The van der Waals surface area contributed by atoms with Gasteiger partial charge in [-0.1, -0.05) is 32.4 Å². The van der Waals surface area contributed by atoms with Gasteiger partial charge in [-0.05, 0) is 73.3 Å². The molecule has 0 unspecified atom stereocenters. The molecule has 0 N–H and O–H groups in total. The van der Waals surface area contributed by atoms with Crippen LogP contribution in [0, 0.1) is 40.4 Å². The third kappa shape index (κ3) is 5.69. The molecule has 4 heterocycles. The predicted octanol–water partition coefficient (Wildman–Crippen LogP) is 4.01. The second-order valence-electron chi connectivity index (χ2n) is 16.2. The molecule has 260 valence electrons. The summed E-state index contributed by atoms with van der Waals surface area (Å²) >= 11 is 0. The van der Waals surface area contributed by atoms with Crippen LogP contribution >= 0.6 is 0 Å². The highest BCUT2D eigenvalue weighted by molar-refractivity contribution is 6.01. The first-order valence-corrected chi connectivity index (χ1v) is 18.7. The van der Waals surface area contributed by atoms with Crippen LogP contribution in [0.5, 0.6) is 0 Å². The Bertz CT molecular complexity index is 1420. The average Bonchev–Trinajstić information content (AvgIpc) is 3.39. The fraction of sp³-hybridized carbons (Fsp3) is 0.737. The number of ether oxygens (including phenoxy) is 2. The Morgan fingerprint density at radius 3 is 2.21 bits per heavy atom. The topological polar surface area (TPSA) is 91.3 Å². The summed E-state index contributed by atoms with van der Waals surface area (Å²) in [6, 6.07) is 2.15. The van der Waals surface area contributed by atoms with Crippen LogP contribution in [0.2, 0.25) is 0 Å². The number of morpholine rings is 2. The van der Waals surface area contributed by atoms with E-state index < -0.39 is 0 Å². The Morgan fingerprint density at radius 2 is 1.52 bits per heavy atom. The van der Waals surface area contributed by atoms with Gasteiger partial charge in [0.1, 0.15) is 11.6 Å². The van der Waals surface area contributed by atoms with Crippen LogP contribution in [0.3, 0.4) is 0 Å². The lowest BCUT2D eigenvalue weighted by Crippen LogP contribution is -2.52. The maximum atomic E-state index is 14.3. The van der Waals surface area contributed by atoms with Gasteiger partial charge in [0.25, 0.3) is 0 Å². The molecule has 10 nitrogen and oxygen atoms in total. The number of ketones is 2. The Kier molecular flexibility index (Phi) is 8.65. The largest absolute Gasteiger partial charge is 0.378 e. The Labute approximate surface area is 285 Å². The molecule has 3 saturated carbocycles. The summed E-state index contributed by atoms with van der Waals surface area (Å²) in [5, 5.41) is 0. The predicted molar refractivity (Wildman–Crippen MR) is 186 cm³/mol. The van der Waals surface area contributed by atoms with E-state index in [1.54, 1.807) is 6.08 Å². The summed E-state index contributed by atoms with van der Waals surface area (Å²) in [4.78, 5) is 45.9. The standard InChI is InChI=1S/C38H54N6O4/c1-26-22-31-29-5-4-27-23-28(45)6-8-37(27,2)30(29)7-9-38(31,3)35(26)32(46)25-41-10-12-42(13-11-41)33-24-34(43-14-18-47-19-15-43)40-36(39-33)44-16-20-48-21-17-44/h6,8,23-24,26,29-31,35H,4-5,7,9-22,25H2,1-3H3/t26-,29-,30+,31+,35-,37+,38+/m1/s1. The van der Waals surface area contributed by atoms with Gasteiger partial charge < -0.3 is 24.2 Å². The zero-order chi connectivity index (χ0) is 33.0. The van der Waals surface area contributed by atoms with E-state index >= 15 is 0 Å². The van der Waals surface area contributed by atoms with E-state index in [1.807, 2.05) is 6.08 Å². The first-order chi connectivity index (χ1) is 23.2. The van der Waals surface area contributed by atoms with Gasteiger partial charge in [-0.15, -0.1) is 0 Å². The fourth-order valence-corrected chi connectivity index (χ4v) is 11.1. The third-order valence-electron chi connectivity index (χ3n) is 13.6. The van der Waals surface area contributed by atoms with Gasteiger partial charge in [0.15, 0.2) is 11.6 Å². The van der Waals surface area contributed by atoms with E-state index in [0.29, 0.717) is 49.2 Å². The van der Waals surface area contributed by atoms with E-state index in [1.165, 1.54) is 5.57 Å². The third-order valence-corrected chi connectivity index (χ3v) is 13.6. The van der Waals surface area contributed by atoms with E-state index in [9.17, 15) is 9.59 Å². The Morgan fingerprint density at radius 1 is 0.875 bits per heavy atom. The number of allylic oxidation sites excluding steroid dienone is 4. The van der Waals surface area contributed by atoms with Crippen molar-refractivity contribution in [2.45, 2.75) is 52.9 Å². The van der Waals surface area contributed by atoms with Crippen LogP contribution in [0.25, 0.3) is 0 Å². The lowest BCUT2D eigenvalue weighted by Gasteiger charge is -2.57. The molecule has 3 saturated heterocycles. The quantitative estimate of drug-likeness (QED) is 0.447. The highest BCUT2D eigenvalue weighted by atomic mass is 16.5. The molecule has 1 aromatic heterocycles. The summed E-state index contributed by atoms with van der Waals surface area (Å²) < 4.78 is 11.2. The summed E-state index contributed by atoms with van der Waals surface area (Å²) in [6.45, 7) is 17.3. The summed E-state index contributed by atoms with van der Waals surface area (Å²) in [5.41, 5.74) is 1.41. The fourth-order valence-electron chi connectivity index (χ4n) is 11.1. The number of carbonyl (C=O) groups is 2. The molecule has 3 aliphatic heterocycles. The molecule has 0 spiro atoms. The number of piperazine rings is 1. The van der Waals surface area contributed by atoms with Crippen molar-refractivity contribution in [3.63, 3.8) is 0 Å². The molecular formula is C38H54N6O4. The normalized spacial score (nSPS) is 37.1. The number of rotatable bonds is 6. The van der Waals surface area contributed by atoms with Crippen molar-refractivity contribution in [3.8, 4) is 0 Å². The van der Waals surface area contributed by atoms with Gasteiger partial charge in [-0.2, -0.15) is 9.97 Å². The Balaban J connectivity index is 0.931. The van der Waals surface area contributed by atoms with Crippen LogP contribution in [-0.4, -0.2) is 112 Å². The van der Waals surface area contributed by atoms with E-state index in [2.05, 4.69) is 52.5 Å². The van der Waals surface area contributed by atoms with Crippen molar-refractivity contribution in [1.29, 1.82) is 0 Å². The molecule has 6 fully saturated rings. The van der Waals surface area contributed by atoms with Gasteiger partial charge in [-0.3, -0.25) is 14.5 Å². The van der Waals surface area contributed by atoms with Crippen LogP contribution in [0.1, 0.15) is 52.9 Å². The molecule has 10 heteroatoms. The number of Topliss-reactive ketones (excluding diaryl/α,β-unsaturated/α-hetero) is 1. The summed E-state index contributed by atoms with van der Waals surface area (Å²) in [6.07, 6.45) is 11.5. The Hall–Kier alpha value is -2.82. The minimum atomic E-state index is -0.00124. The monoisotopic (exact) mass is 658 g/mol. The average molecular weight is 659 g/mol. The number of carbonyl (C=O) groups excluding carboxylic acids is 2. The second kappa shape index (κ2) is 12.8. The van der Waals surface area contributed by atoms with Crippen molar-refractivity contribution < 1.29 is 19.1 Å². The minimum absolute atomic E-state index is 0.00124. The van der Waals surface area contributed by atoms with Crippen molar-refractivity contribution in [3.05, 3.63) is 29.9 Å². The highest BCUT2D eigenvalue weighted by Gasteiger charge is 2.61. The van der Waals surface area contributed by atoms with Crippen LogP contribution in [0.4, 0.5) is 17.6 Å². The lowest BCUT2D eigenvalue weighted by atomic mass is 9.47. The van der Waals surface area contributed by atoms with Gasteiger partial charge in [0.05, 0.1) is 33.0 Å². The van der Waals surface area contributed by atoms with Crippen LogP contribution in [-0.2, 0) is 19.1 Å². The maximum absolute atomic E-state index is 14.3. The number of aromatic nitrogens is 2. The summed E-state index contributed by atoms with van der Waals surface area (Å²) in [7, 11) is 0. The number of nitrogens with zero attached hydrogens (tertiary/aromatic N) is 6. The molecule has 1 aromatic rings. The highest BCUT2D eigenvalue weighted by Crippen LogP contribution is 2.67. The van der Waals surface area contributed by atoms with Crippen molar-refractivity contribution in [1.82, 2.24) is 14.9 Å². The van der Waals surface area contributed by atoms with Crippen molar-refractivity contribution >= 4 is 29.2 Å². The molecule has 0 amide bonds. The van der Waals surface area contributed by atoms with Gasteiger partial charge >= 0.3 is 0 Å². The lowest BCUT2D eigenvalue weighted by molar-refractivity contribution is -0.132. The molecule has 8 rings (SSSR count). The van der Waals surface area contributed by atoms with Crippen molar-refractivity contribution in [2.24, 2.45) is 40.4 Å².